The maximum Gasteiger partial charge on any atom is 0.416 e. The van der Waals surface area contributed by atoms with Crippen LogP contribution in [0.3, 0.4) is 0 Å². The van der Waals surface area contributed by atoms with Gasteiger partial charge in [-0.3, -0.25) is 4.79 Å². The van der Waals surface area contributed by atoms with Gasteiger partial charge in [0.25, 0.3) is 0 Å². The van der Waals surface area contributed by atoms with Crippen molar-refractivity contribution in [1.29, 1.82) is 0 Å². The lowest BCUT2D eigenvalue weighted by Crippen LogP contribution is -2.45. The number of nitrogens with one attached hydrogen (secondary N) is 2. The molecule has 3 amide bonds. The first kappa shape index (κ1) is 31.6. The van der Waals surface area contributed by atoms with Gasteiger partial charge >= 0.3 is 12.2 Å². The van der Waals surface area contributed by atoms with Crippen LogP contribution in [0.25, 0.3) is 10.9 Å². The molecule has 43 heavy (non-hydrogen) atoms. The van der Waals surface area contributed by atoms with Crippen LogP contribution in [0.5, 0.6) is 0 Å². The normalized spacial score (nSPS) is 11.5. The van der Waals surface area contributed by atoms with Crippen molar-refractivity contribution in [3.8, 4) is 0 Å². The first-order valence-electron chi connectivity index (χ1n) is 14.2. The van der Waals surface area contributed by atoms with Gasteiger partial charge in [0.2, 0.25) is 5.91 Å². The Labute approximate surface area is 249 Å². The number of aryl methyl sites for hydroxylation is 2. The number of ether oxygens (including phenoxy) is 1. The Morgan fingerprint density at radius 1 is 0.907 bits per heavy atom. The lowest BCUT2D eigenvalue weighted by Gasteiger charge is -2.28. The monoisotopic (exact) mass is 594 g/mol. The third-order valence-electron chi connectivity index (χ3n) is 7.44. The quantitative estimate of drug-likeness (QED) is 0.174. The number of methoxy groups -OCH3 is 1. The Hall–Kier alpha value is -4.31. The average Bonchev–Trinajstić information content (AvgIpc) is 3.39. The summed E-state index contributed by atoms with van der Waals surface area (Å²) >= 11 is 0. The molecular weight excluding hydrogens is 557 g/mol. The first-order valence-corrected chi connectivity index (χ1v) is 14.2. The lowest BCUT2D eigenvalue weighted by molar-refractivity contribution is -0.137. The highest BCUT2D eigenvalue weighted by molar-refractivity contribution is 5.93. The molecular formula is C33H37F3N4O3. The van der Waals surface area contributed by atoms with Crippen molar-refractivity contribution in [1.82, 2.24) is 14.8 Å². The predicted octanol–water partition coefficient (Wildman–Crippen LogP) is 6.95. The number of carbonyl (C=O) groups excluding carboxylic acids is 2. The fourth-order valence-electron chi connectivity index (χ4n) is 5.02. The zero-order valence-electron chi connectivity index (χ0n) is 24.6. The highest BCUT2D eigenvalue weighted by Gasteiger charge is 2.30. The number of hydrogen-bond acceptors (Lipinski definition) is 3. The van der Waals surface area contributed by atoms with Gasteiger partial charge < -0.3 is 24.8 Å². The van der Waals surface area contributed by atoms with E-state index in [0.717, 1.165) is 39.7 Å². The maximum absolute atomic E-state index is 13.8. The number of fused-ring (bicyclic) bond motifs is 1. The number of hydrogen-bond donors (Lipinski definition) is 2. The van der Waals surface area contributed by atoms with Crippen molar-refractivity contribution >= 4 is 28.5 Å². The van der Waals surface area contributed by atoms with E-state index in [4.69, 9.17) is 4.74 Å². The summed E-state index contributed by atoms with van der Waals surface area (Å²) < 4.78 is 44.6. The number of amides is 3. The summed E-state index contributed by atoms with van der Waals surface area (Å²) in [6, 6.07) is 18.0. The maximum atomic E-state index is 13.8. The topological polar surface area (TPSA) is 77.7 Å². The zero-order chi connectivity index (χ0) is 31.0. The van der Waals surface area contributed by atoms with E-state index in [0.29, 0.717) is 37.2 Å². The number of nitrogens with zero attached hydrogens (tertiary/aromatic N) is 2. The Morgan fingerprint density at radius 3 is 2.28 bits per heavy atom. The molecule has 1 aromatic heterocycles. The molecule has 10 heteroatoms. The molecule has 0 radical (unpaired) electrons. The number of para-hydroxylation sites is 2. The standard InChI is InChI=1S/C33H37F3N4O3/c1-23-8-6-9-24(2)31(23)38-32(42)40(17-7-19-43-3)22-30(41)39(21-25-12-14-27(15-13-25)33(34,35)36)18-16-26-20-37-29-11-5-4-10-28(26)29/h4-6,8-15,20,37H,7,16-19,21-22H2,1-3H3,(H,38,42). The van der Waals surface area contributed by atoms with E-state index in [1.165, 1.54) is 17.0 Å². The van der Waals surface area contributed by atoms with Gasteiger partial charge in [-0.05, 0) is 67.1 Å². The highest BCUT2D eigenvalue weighted by Crippen LogP contribution is 2.29. The van der Waals surface area contributed by atoms with Crippen molar-refractivity contribution in [2.45, 2.75) is 39.4 Å². The summed E-state index contributed by atoms with van der Waals surface area (Å²) in [6.07, 6.45) is -1.50. The van der Waals surface area contributed by atoms with Crippen molar-refractivity contribution in [3.05, 3.63) is 101 Å². The Kier molecular flexibility index (Phi) is 10.5. The van der Waals surface area contributed by atoms with Crippen LogP contribution in [-0.2, 0) is 28.7 Å². The summed E-state index contributed by atoms with van der Waals surface area (Å²) in [6.45, 7) is 4.72. The van der Waals surface area contributed by atoms with Crippen molar-refractivity contribution < 1.29 is 27.5 Å². The fraction of sp³-hybridized carbons (Fsp3) is 0.333. The minimum absolute atomic E-state index is 0.101. The summed E-state index contributed by atoms with van der Waals surface area (Å²) in [5, 5.41) is 4.00. The van der Waals surface area contributed by atoms with E-state index in [2.05, 4.69) is 10.3 Å². The Balaban J connectivity index is 1.55. The van der Waals surface area contributed by atoms with E-state index < -0.39 is 17.8 Å². The minimum atomic E-state index is -4.45. The molecule has 1 heterocycles. The number of carbonyl (C=O) groups is 2. The SMILES string of the molecule is COCCCN(CC(=O)N(CCc1c[nH]c2ccccc12)Cc1ccc(C(F)(F)F)cc1)C(=O)Nc1c(C)cccc1C. The Bertz CT molecular complexity index is 1510. The van der Waals surface area contributed by atoms with Gasteiger partial charge in [-0.25, -0.2) is 4.79 Å². The van der Waals surface area contributed by atoms with Crippen LogP contribution in [0.2, 0.25) is 0 Å². The third kappa shape index (κ3) is 8.38. The number of urea groups is 1. The molecule has 0 atom stereocenters. The number of anilines is 1. The summed E-state index contributed by atoms with van der Waals surface area (Å²) in [4.78, 5) is 33.5. The Morgan fingerprint density at radius 2 is 1.60 bits per heavy atom. The number of H-pyrrole nitrogens is 1. The largest absolute Gasteiger partial charge is 0.416 e. The van der Waals surface area contributed by atoms with Gasteiger partial charge in [0.15, 0.2) is 0 Å². The van der Waals surface area contributed by atoms with Gasteiger partial charge in [0, 0.05) is 56.1 Å². The third-order valence-corrected chi connectivity index (χ3v) is 7.44. The van der Waals surface area contributed by atoms with E-state index in [9.17, 15) is 22.8 Å². The molecule has 0 saturated heterocycles. The molecule has 3 aromatic carbocycles. The van der Waals surface area contributed by atoms with E-state index in [-0.39, 0.29) is 25.5 Å². The second kappa shape index (κ2) is 14.2. The van der Waals surface area contributed by atoms with Crippen molar-refractivity contribution in [3.63, 3.8) is 0 Å². The summed E-state index contributed by atoms with van der Waals surface area (Å²) in [5.74, 6) is -0.311. The van der Waals surface area contributed by atoms with Gasteiger partial charge in [0.1, 0.15) is 6.54 Å². The molecule has 0 unspecified atom stereocenters. The van der Waals surface area contributed by atoms with E-state index in [1.54, 1.807) is 12.0 Å². The number of aromatic amines is 1. The van der Waals surface area contributed by atoms with Crippen molar-refractivity contribution in [2.75, 3.05) is 38.7 Å². The van der Waals surface area contributed by atoms with E-state index in [1.807, 2.05) is 62.5 Å². The average molecular weight is 595 g/mol. The number of benzene rings is 3. The number of alkyl halides is 3. The molecule has 4 rings (SSSR count). The predicted molar refractivity (Wildman–Crippen MR) is 162 cm³/mol. The second-order valence-electron chi connectivity index (χ2n) is 10.6. The molecule has 228 valence electrons. The minimum Gasteiger partial charge on any atom is -0.385 e. The molecule has 2 N–H and O–H groups in total. The number of halogens is 3. The van der Waals surface area contributed by atoms with Gasteiger partial charge in [-0.1, -0.05) is 48.5 Å². The van der Waals surface area contributed by atoms with Crippen LogP contribution >= 0.6 is 0 Å². The lowest BCUT2D eigenvalue weighted by atomic mass is 10.1. The van der Waals surface area contributed by atoms with Gasteiger partial charge in [0.05, 0.1) is 5.56 Å². The van der Waals surface area contributed by atoms with Gasteiger partial charge in [-0.2, -0.15) is 13.2 Å². The smallest absolute Gasteiger partial charge is 0.385 e. The van der Waals surface area contributed by atoms with Crippen LogP contribution < -0.4 is 5.32 Å². The molecule has 7 nitrogen and oxygen atoms in total. The summed E-state index contributed by atoms with van der Waals surface area (Å²) in [7, 11) is 1.57. The molecule has 0 saturated carbocycles. The molecule has 0 spiro atoms. The van der Waals surface area contributed by atoms with Crippen molar-refractivity contribution in [2.24, 2.45) is 0 Å². The van der Waals surface area contributed by atoms with Crippen LogP contribution in [0.15, 0.2) is 72.9 Å². The first-order chi connectivity index (χ1) is 20.6. The zero-order valence-corrected chi connectivity index (χ0v) is 24.6. The molecule has 0 aliphatic rings. The second-order valence-corrected chi connectivity index (χ2v) is 10.6. The fourth-order valence-corrected chi connectivity index (χ4v) is 5.02. The molecule has 4 aromatic rings. The van der Waals surface area contributed by atoms with Crippen LogP contribution in [0.1, 0.15) is 34.2 Å². The molecule has 0 bridgehead atoms. The number of rotatable bonds is 12. The van der Waals surface area contributed by atoms with Crippen LogP contribution in [-0.4, -0.2) is 60.1 Å². The molecule has 0 fully saturated rings. The van der Waals surface area contributed by atoms with Gasteiger partial charge in [-0.15, -0.1) is 0 Å². The van der Waals surface area contributed by atoms with E-state index >= 15 is 0 Å². The van der Waals surface area contributed by atoms with Crippen LogP contribution in [0, 0.1) is 13.8 Å². The number of aromatic nitrogens is 1. The molecule has 0 aliphatic heterocycles. The summed E-state index contributed by atoms with van der Waals surface area (Å²) in [5.41, 5.74) is 4.30. The highest BCUT2D eigenvalue weighted by atomic mass is 19.4. The molecule has 0 aliphatic carbocycles. The van der Waals surface area contributed by atoms with Crippen LogP contribution in [0.4, 0.5) is 23.7 Å².